The molecule has 25 heavy (non-hydrogen) atoms. The van der Waals surface area contributed by atoms with Crippen molar-refractivity contribution in [2.24, 2.45) is 0 Å². The number of hydrogen-bond donors (Lipinski definition) is 1. The number of Topliss-reactive ketones (excluding diaryl/α,β-unsaturated/α-hetero) is 1. The zero-order valence-corrected chi connectivity index (χ0v) is 14.8. The van der Waals surface area contributed by atoms with Gasteiger partial charge in [0.1, 0.15) is 12.4 Å². The Morgan fingerprint density at radius 1 is 1.24 bits per heavy atom. The number of aromatic nitrogens is 2. The maximum Gasteiger partial charge on any atom is 0.274 e. The van der Waals surface area contributed by atoms with Crippen molar-refractivity contribution >= 4 is 11.7 Å². The molecule has 1 N–H and O–H groups in total. The molecule has 1 aliphatic heterocycles. The van der Waals surface area contributed by atoms with Gasteiger partial charge >= 0.3 is 0 Å². The van der Waals surface area contributed by atoms with Crippen molar-refractivity contribution in [3.05, 3.63) is 47.3 Å². The summed E-state index contributed by atoms with van der Waals surface area (Å²) in [6.45, 7) is 5.92. The quantitative estimate of drug-likeness (QED) is 0.848. The summed E-state index contributed by atoms with van der Waals surface area (Å²) in [5, 5.41) is 7.00. The predicted molar refractivity (Wildman–Crippen MR) is 93.7 cm³/mol. The van der Waals surface area contributed by atoms with Crippen LogP contribution in [-0.4, -0.2) is 38.9 Å². The fourth-order valence-corrected chi connectivity index (χ4v) is 3.24. The molecule has 1 fully saturated rings. The Balaban J connectivity index is 1.65. The molecular formula is C19H23N3O3. The Morgan fingerprint density at radius 3 is 2.64 bits per heavy atom. The van der Waals surface area contributed by atoms with Gasteiger partial charge < -0.3 is 9.64 Å². The largest absolute Gasteiger partial charge is 0.487 e. The van der Waals surface area contributed by atoms with Crippen LogP contribution < -0.4 is 4.74 Å². The maximum absolute atomic E-state index is 12.6. The first-order chi connectivity index (χ1) is 12.0. The monoisotopic (exact) mass is 341 g/mol. The number of ketones is 1. The molecule has 0 bridgehead atoms. The van der Waals surface area contributed by atoms with Crippen molar-refractivity contribution < 1.29 is 14.3 Å². The van der Waals surface area contributed by atoms with Crippen LogP contribution in [0, 0.1) is 0 Å². The maximum atomic E-state index is 12.6. The van der Waals surface area contributed by atoms with Crippen molar-refractivity contribution in [3.63, 3.8) is 0 Å². The predicted octanol–water partition coefficient (Wildman–Crippen LogP) is 3.20. The van der Waals surface area contributed by atoms with Gasteiger partial charge in [-0.2, -0.15) is 5.10 Å². The van der Waals surface area contributed by atoms with E-state index in [1.165, 1.54) is 6.92 Å². The van der Waals surface area contributed by atoms with Crippen LogP contribution in [0.15, 0.2) is 30.3 Å². The Kier molecular flexibility index (Phi) is 4.88. The molecule has 6 heteroatoms. The molecule has 0 saturated carbocycles. The molecular weight excluding hydrogens is 318 g/mol. The van der Waals surface area contributed by atoms with Crippen molar-refractivity contribution in [1.29, 1.82) is 0 Å². The molecule has 132 valence electrons. The number of carbonyl (C=O) groups excluding carboxylic acids is 2. The lowest BCUT2D eigenvalue weighted by Crippen LogP contribution is -2.38. The number of ether oxygens (including phenoxy) is 1. The number of rotatable bonds is 5. The lowest BCUT2D eigenvalue weighted by atomic mass is 10.1. The average Bonchev–Trinajstić information content (AvgIpc) is 3.19. The van der Waals surface area contributed by atoms with Crippen LogP contribution in [0.25, 0.3) is 0 Å². The summed E-state index contributed by atoms with van der Waals surface area (Å²) in [4.78, 5) is 26.0. The van der Waals surface area contributed by atoms with Gasteiger partial charge in [0.15, 0.2) is 11.5 Å². The summed E-state index contributed by atoms with van der Waals surface area (Å²) >= 11 is 0. The van der Waals surface area contributed by atoms with Crippen LogP contribution in [0.2, 0.25) is 0 Å². The van der Waals surface area contributed by atoms with E-state index < -0.39 is 0 Å². The van der Waals surface area contributed by atoms with Crippen molar-refractivity contribution in [3.8, 4) is 5.75 Å². The third-order valence-electron chi connectivity index (χ3n) is 4.67. The number of aromatic amines is 1. The molecule has 0 spiro atoms. The summed E-state index contributed by atoms with van der Waals surface area (Å²) in [5.41, 5.74) is 1.74. The number of carbonyl (C=O) groups is 2. The standard InChI is InChI=1S/C19H23N3O3/c1-12-7-8-13(2)22(12)19(24)18-10-16(20-21-18)11-25-17-6-4-5-15(9-17)14(3)23/h4-6,9-10,12-13H,7-8,11H2,1-3H3,(H,20,21)/t12-,13-/m1/s1. The lowest BCUT2D eigenvalue weighted by Gasteiger charge is -2.25. The highest BCUT2D eigenvalue weighted by Crippen LogP contribution is 2.25. The molecule has 0 radical (unpaired) electrons. The zero-order valence-electron chi connectivity index (χ0n) is 14.8. The summed E-state index contributed by atoms with van der Waals surface area (Å²) in [6.07, 6.45) is 2.06. The molecule has 3 rings (SSSR count). The van der Waals surface area contributed by atoms with Crippen LogP contribution in [0.3, 0.4) is 0 Å². The molecule has 2 atom stereocenters. The van der Waals surface area contributed by atoms with Crippen LogP contribution in [0.4, 0.5) is 0 Å². The first kappa shape index (κ1) is 17.2. The van der Waals surface area contributed by atoms with Gasteiger partial charge in [0.25, 0.3) is 5.91 Å². The number of nitrogens with zero attached hydrogens (tertiary/aromatic N) is 2. The molecule has 1 aromatic heterocycles. The smallest absolute Gasteiger partial charge is 0.274 e. The highest BCUT2D eigenvalue weighted by Gasteiger charge is 2.33. The van der Waals surface area contributed by atoms with E-state index >= 15 is 0 Å². The fraction of sp³-hybridized carbons (Fsp3) is 0.421. The second kappa shape index (κ2) is 7.09. The van der Waals surface area contributed by atoms with Gasteiger partial charge in [0.05, 0.1) is 5.69 Å². The van der Waals surface area contributed by atoms with E-state index in [1.807, 2.05) is 4.90 Å². The Hall–Kier alpha value is -2.63. The van der Waals surface area contributed by atoms with E-state index in [2.05, 4.69) is 24.0 Å². The van der Waals surface area contributed by atoms with Crippen LogP contribution in [0.1, 0.15) is 60.2 Å². The molecule has 1 saturated heterocycles. The van der Waals surface area contributed by atoms with E-state index in [1.54, 1.807) is 30.3 Å². The number of likely N-dealkylation sites (tertiary alicyclic amines) is 1. The van der Waals surface area contributed by atoms with Crippen molar-refractivity contribution in [2.75, 3.05) is 0 Å². The van der Waals surface area contributed by atoms with Gasteiger partial charge in [-0.3, -0.25) is 14.7 Å². The molecule has 0 unspecified atom stereocenters. The molecule has 6 nitrogen and oxygen atoms in total. The minimum Gasteiger partial charge on any atom is -0.487 e. The van der Waals surface area contributed by atoms with E-state index in [4.69, 9.17) is 4.74 Å². The third-order valence-corrected chi connectivity index (χ3v) is 4.67. The van der Waals surface area contributed by atoms with Gasteiger partial charge in [0.2, 0.25) is 0 Å². The van der Waals surface area contributed by atoms with E-state index in [0.717, 1.165) is 18.5 Å². The Bertz CT molecular complexity index is 774. The highest BCUT2D eigenvalue weighted by molar-refractivity contribution is 5.94. The summed E-state index contributed by atoms with van der Waals surface area (Å²) in [6, 6.07) is 9.25. The highest BCUT2D eigenvalue weighted by atomic mass is 16.5. The number of amides is 1. The number of H-pyrrole nitrogens is 1. The van der Waals surface area contributed by atoms with E-state index in [-0.39, 0.29) is 30.4 Å². The minimum atomic E-state index is -0.0430. The fourth-order valence-electron chi connectivity index (χ4n) is 3.24. The number of benzene rings is 1. The average molecular weight is 341 g/mol. The first-order valence-corrected chi connectivity index (χ1v) is 8.56. The molecule has 2 aromatic rings. The number of hydrogen-bond acceptors (Lipinski definition) is 4. The summed E-state index contributed by atoms with van der Waals surface area (Å²) in [7, 11) is 0. The van der Waals surface area contributed by atoms with Crippen molar-refractivity contribution in [2.45, 2.75) is 52.3 Å². The molecule has 0 aliphatic carbocycles. The topological polar surface area (TPSA) is 75.3 Å². The van der Waals surface area contributed by atoms with Gasteiger partial charge in [-0.15, -0.1) is 0 Å². The van der Waals surface area contributed by atoms with Crippen LogP contribution in [0.5, 0.6) is 5.75 Å². The van der Waals surface area contributed by atoms with Gasteiger partial charge in [-0.25, -0.2) is 0 Å². The van der Waals surface area contributed by atoms with E-state index in [0.29, 0.717) is 17.0 Å². The first-order valence-electron chi connectivity index (χ1n) is 8.56. The summed E-state index contributed by atoms with van der Waals surface area (Å²) in [5.74, 6) is 0.560. The van der Waals surface area contributed by atoms with E-state index in [9.17, 15) is 9.59 Å². The second-order valence-electron chi connectivity index (χ2n) is 6.64. The van der Waals surface area contributed by atoms with Crippen LogP contribution in [-0.2, 0) is 6.61 Å². The molecule has 1 aromatic carbocycles. The second-order valence-corrected chi connectivity index (χ2v) is 6.64. The molecule has 1 aliphatic rings. The molecule has 1 amide bonds. The van der Waals surface area contributed by atoms with Gasteiger partial charge in [-0.05, 0) is 51.8 Å². The SMILES string of the molecule is CC(=O)c1cccc(OCc2cc(C(=O)N3[C@H](C)CC[C@H]3C)n[nH]2)c1. The Morgan fingerprint density at radius 2 is 1.96 bits per heavy atom. The molecule has 2 heterocycles. The normalized spacial score (nSPS) is 19.9. The van der Waals surface area contributed by atoms with Crippen LogP contribution >= 0.6 is 0 Å². The summed E-state index contributed by atoms with van der Waals surface area (Å²) < 4.78 is 5.70. The number of nitrogens with one attached hydrogen (secondary N) is 1. The van der Waals surface area contributed by atoms with Crippen molar-refractivity contribution in [1.82, 2.24) is 15.1 Å². The Labute approximate surface area is 147 Å². The van der Waals surface area contributed by atoms with Gasteiger partial charge in [0, 0.05) is 17.6 Å². The zero-order chi connectivity index (χ0) is 18.0. The minimum absolute atomic E-state index is 0.00581. The third kappa shape index (κ3) is 3.73. The lowest BCUT2D eigenvalue weighted by molar-refractivity contribution is 0.0686. The van der Waals surface area contributed by atoms with Gasteiger partial charge in [-0.1, -0.05) is 12.1 Å².